The molecule has 1 fully saturated rings. The molecule has 4 nitrogen and oxygen atoms in total. The summed E-state index contributed by atoms with van der Waals surface area (Å²) in [4.78, 5) is 4.17. The Morgan fingerprint density at radius 3 is 2.26 bits per heavy atom. The number of nitrogens with one attached hydrogen (secondary N) is 2. The number of rotatable bonds is 2. The SMILES string of the molecule is C#C.CC.CC(=N)c1cccc2[n-]ccc12.CCC.OCC1CCCN1.[Cs+]. The molecule has 2 aromatic rings. The van der Waals surface area contributed by atoms with Crippen LogP contribution in [0, 0.1) is 18.3 Å². The Labute approximate surface area is 225 Å². The maximum atomic E-state index is 8.50. The fourth-order valence-electron chi connectivity index (χ4n) is 2.27. The third kappa shape index (κ3) is 13.7. The molecule has 0 spiro atoms. The normalized spacial score (nSPS) is 13.7. The van der Waals surface area contributed by atoms with Gasteiger partial charge in [-0.2, -0.15) is 6.20 Å². The van der Waals surface area contributed by atoms with E-state index in [0.29, 0.717) is 18.4 Å². The van der Waals surface area contributed by atoms with Crippen molar-refractivity contribution in [2.24, 2.45) is 0 Å². The smallest absolute Gasteiger partial charge is 0.664 e. The summed E-state index contributed by atoms with van der Waals surface area (Å²) in [6.45, 7) is 11.4. The van der Waals surface area contributed by atoms with Gasteiger partial charge in [0.2, 0.25) is 0 Å². The minimum atomic E-state index is 0. The predicted octanol–water partition coefficient (Wildman–Crippen LogP) is 1.61. The first-order valence-electron chi connectivity index (χ1n) is 9.37. The standard InChI is InChI=1S/C10H9N2.C5H11NO.C3H8.C2H6.C2H2.Cs/c1-7(11)8-3-2-4-10-9(8)5-6-12-10;7-4-5-2-1-3-6-5;1-3-2;2*1-2;/h2-6,11H,1H3;5-7H,1-4H2;3H2,1-2H3;1-2H3;1-2H;/q-1;;;;;+1. The van der Waals surface area contributed by atoms with E-state index in [-0.39, 0.29) is 68.9 Å². The maximum absolute atomic E-state index is 8.50. The molecule has 0 saturated carbocycles. The van der Waals surface area contributed by atoms with Gasteiger partial charge in [-0.25, -0.2) is 0 Å². The first-order chi connectivity index (χ1) is 12.6. The molecule has 0 amide bonds. The second-order valence-corrected chi connectivity index (χ2v) is 5.49. The minimum Gasteiger partial charge on any atom is -0.664 e. The zero-order chi connectivity index (χ0) is 20.4. The van der Waals surface area contributed by atoms with Gasteiger partial charge in [0, 0.05) is 17.3 Å². The van der Waals surface area contributed by atoms with Crippen molar-refractivity contribution in [2.45, 2.75) is 59.9 Å². The van der Waals surface area contributed by atoms with Crippen LogP contribution in [0.4, 0.5) is 0 Å². The van der Waals surface area contributed by atoms with Gasteiger partial charge in [-0.15, -0.1) is 18.4 Å². The molecular weight excluding hydrogens is 455 g/mol. The van der Waals surface area contributed by atoms with Gasteiger partial charge in [-0.3, -0.25) is 0 Å². The van der Waals surface area contributed by atoms with E-state index in [9.17, 15) is 0 Å². The van der Waals surface area contributed by atoms with E-state index >= 15 is 0 Å². The molecule has 1 aromatic carbocycles. The van der Waals surface area contributed by atoms with Crippen molar-refractivity contribution in [3.63, 3.8) is 0 Å². The van der Waals surface area contributed by atoms with Gasteiger partial charge in [0.25, 0.3) is 0 Å². The summed E-state index contributed by atoms with van der Waals surface area (Å²) in [5, 5.41) is 20.3. The maximum Gasteiger partial charge on any atom is 1.00 e. The Kier molecular flexibility index (Phi) is 26.1. The Balaban J connectivity index is -0.000000331. The van der Waals surface area contributed by atoms with Crippen molar-refractivity contribution in [1.29, 1.82) is 5.41 Å². The zero-order valence-corrected chi connectivity index (χ0v) is 24.3. The van der Waals surface area contributed by atoms with Crippen LogP contribution in [0.1, 0.15) is 59.4 Å². The molecule has 3 N–H and O–H groups in total. The van der Waals surface area contributed by atoms with Crippen LogP contribution < -0.4 is 79.2 Å². The van der Waals surface area contributed by atoms with Crippen LogP contribution in [0.25, 0.3) is 10.9 Å². The third-order valence-corrected chi connectivity index (χ3v) is 3.32. The van der Waals surface area contributed by atoms with E-state index < -0.39 is 0 Å². The van der Waals surface area contributed by atoms with Gasteiger partial charge in [0.1, 0.15) is 0 Å². The van der Waals surface area contributed by atoms with Crippen LogP contribution in [0.5, 0.6) is 0 Å². The number of benzene rings is 1. The number of terminal acetylenes is 1. The molecule has 1 aliphatic heterocycles. The Bertz CT molecular complexity index is 602. The molecule has 0 bridgehead atoms. The molecule has 1 aliphatic rings. The molecule has 1 saturated heterocycles. The van der Waals surface area contributed by atoms with Gasteiger partial charge in [-0.05, 0) is 31.7 Å². The van der Waals surface area contributed by atoms with Gasteiger partial charge in [-0.1, -0.05) is 58.4 Å². The zero-order valence-electron chi connectivity index (χ0n) is 18.0. The summed E-state index contributed by atoms with van der Waals surface area (Å²) in [7, 11) is 0. The van der Waals surface area contributed by atoms with E-state index in [1.165, 1.54) is 12.8 Å². The number of aliphatic hydroxyl groups excluding tert-OH is 1. The Morgan fingerprint density at radius 1 is 1.26 bits per heavy atom. The van der Waals surface area contributed by atoms with Crippen molar-refractivity contribution in [3.8, 4) is 12.8 Å². The average molecular weight is 491 g/mol. The summed E-state index contributed by atoms with van der Waals surface area (Å²) in [5.74, 6) is 0. The third-order valence-electron chi connectivity index (χ3n) is 3.32. The fraction of sp³-hybridized carbons (Fsp3) is 0.500. The Hall–Kier alpha value is -0.0381. The summed E-state index contributed by atoms with van der Waals surface area (Å²) in [5.41, 5.74) is 2.54. The van der Waals surface area contributed by atoms with Gasteiger partial charge in [0.15, 0.2) is 0 Å². The van der Waals surface area contributed by atoms with E-state index in [4.69, 9.17) is 10.5 Å². The van der Waals surface area contributed by atoms with Crippen LogP contribution in [-0.4, -0.2) is 30.0 Å². The number of hydrogen-bond donors (Lipinski definition) is 3. The molecule has 3 rings (SSSR count). The van der Waals surface area contributed by atoms with E-state index in [2.05, 4.69) is 37.0 Å². The van der Waals surface area contributed by atoms with Crippen LogP contribution in [0.15, 0.2) is 30.5 Å². The molecule has 0 aliphatic carbocycles. The van der Waals surface area contributed by atoms with E-state index in [1.54, 1.807) is 13.1 Å². The number of nitrogens with zero attached hydrogens (tertiary/aromatic N) is 1. The van der Waals surface area contributed by atoms with Crippen molar-refractivity contribution in [3.05, 3.63) is 36.0 Å². The minimum absolute atomic E-state index is 0. The number of aromatic nitrogens is 1. The average Bonchev–Trinajstić information content (AvgIpc) is 3.37. The molecule has 146 valence electrons. The second-order valence-electron chi connectivity index (χ2n) is 5.49. The van der Waals surface area contributed by atoms with Crippen LogP contribution in [-0.2, 0) is 0 Å². The first-order valence-corrected chi connectivity index (χ1v) is 9.37. The monoisotopic (exact) mass is 491 g/mol. The van der Waals surface area contributed by atoms with Gasteiger partial charge in [0.05, 0.1) is 6.61 Å². The largest absolute Gasteiger partial charge is 1.00 e. The first kappa shape index (κ1) is 31.7. The van der Waals surface area contributed by atoms with Crippen molar-refractivity contribution < 1.29 is 74.0 Å². The van der Waals surface area contributed by atoms with Crippen LogP contribution in [0.2, 0.25) is 0 Å². The molecule has 1 aromatic heterocycles. The van der Waals surface area contributed by atoms with E-state index in [0.717, 1.165) is 29.4 Å². The van der Waals surface area contributed by atoms with Crippen molar-refractivity contribution >= 4 is 16.6 Å². The summed E-state index contributed by atoms with van der Waals surface area (Å²) < 4.78 is 0. The Morgan fingerprint density at radius 2 is 1.85 bits per heavy atom. The summed E-state index contributed by atoms with van der Waals surface area (Å²) >= 11 is 0. The molecule has 27 heavy (non-hydrogen) atoms. The fourth-order valence-corrected chi connectivity index (χ4v) is 2.27. The predicted molar refractivity (Wildman–Crippen MR) is 115 cm³/mol. The van der Waals surface area contributed by atoms with Crippen molar-refractivity contribution in [1.82, 2.24) is 10.3 Å². The summed E-state index contributed by atoms with van der Waals surface area (Å²) in [6, 6.07) is 8.19. The van der Waals surface area contributed by atoms with Gasteiger partial charge < -0.3 is 20.8 Å². The molecule has 1 atom stereocenters. The van der Waals surface area contributed by atoms with E-state index in [1.807, 2.05) is 38.1 Å². The molecule has 1 unspecified atom stereocenters. The molecule has 0 radical (unpaired) electrons. The number of hydrogen-bond acceptors (Lipinski definition) is 3. The quantitative estimate of drug-likeness (QED) is 0.442. The summed E-state index contributed by atoms with van der Waals surface area (Å²) in [6.07, 6.45) is 13.4. The second kappa shape index (κ2) is 22.3. The topological polar surface area (TPSA) is 70.2 Å². The number of fused-ring (bicyclic) bond motifs is 1. The van der Waals surface area contributed by atoms with Crippen LogP contribution in [0.3, 0.4) is 0 Å². The molecular formula is C22H36CsN3O. The van der Waals surface area contributed by atoms with Crippen LogP contribution >= 0.6 is 0 Å². The molecule has 2 heterocycles. The van der Waals surface area contributed by atoms with Gasteiger partial charge >= 0.3 is 68.9 Å². The molecule has 5 heteroatoms. The number of aliphatic hydroxyl groups is 1. The van der Waals surface area contributed by atoms with Crippen molar-refractivity contribution in [2.75, 3.05) is 13.2 Å².